The van der Waals surface area contributed by atoms with Crippen LogP contribution >= 0.6 is 0 Å². The Kier molecular flexibility index (Phi) is 8.54. The van der Waals surface area contributed by atoms with Crippen LogP contribution in [0.1, 0.15) is 0 Å². The van der Waals surface area contributed by atoms with Gasteiger partial charge in [0.05, 0.1) is 26.2 Å². The summed E-state index contributed by atoms with van der Waals surface area (Å²) in [7, 11) is 0. The molecule has 0 fully saturated rings. The van der Waals surface area contributed by atoms with Crippen molar-refractivity contribution in [2.75, 3.05) is 36.0 Å². The molecule has 3 rings (SSSR count). The maximum Gasteiger partial charge on any atom is 0.131 e. The molecule has 0 aliphatic carbocycles. The lowest BCUT2D eigenvalue weighted by Crippen LogP contribution is -2.23. The molecule has 4 nitrogen and oxygen atoms in total. The molecule has 0 saturated carbocycles. The number of terminal acetylenes is 4. The topological polar surface area (TPSA) is 24.9 Å². The van der Waals surface area contributed by atoms with E-state index in [1.165, 1.54) is 0 Å². The molecular weight excluding hydrogens is 420 g/mol. The number of anilines is 2. The smallest absolute Gasteiger partial charge is 0.131 e. The number of hydrogen-bond donors (Lipinski definition) is 0. The van der Waals surface area contributed by atoms with Crippen LogP contribution in [0.4, 0.5) is 11.4 Å². The fraction of sp³-hybridized carbons (Fsp3) is 0.133. The second-order valence-electron chi connectivity index (χ2n) is 7.20. The number of benzene rings is 3. The van der Waals surface area contributed by atoms with Crippen molar-refractivity contribution >= 4 is 11.4 Å². The van der Waals surface area contributed by atoms with E-state index in [0.717, 1.165) is 11.4 Å². The zero-order valence-electron chi connectivity index (χ0n) is 18.8. The van der Waals surface area contributed by atoms with Gasteiger partial charge in [0.2, 0.25) is 0 Å². The van der Waals surface area contributed by atoms with Gasteiger partial charge in [-0.15, -0.1) is 25.7 Å². The summed E-state index contributed by atoms with van der Waals surface area (Å²) in [5.74, 6) is 13.1. The van der Waals surface area contributed by atoms with E-state index < -0.39 is 0 Å². The van der Waals surface area contributed by atoms with Gasteiger partial charge in [-0.3, -0.25) is 0 Å². The van der Waals surface area contributed by atoms with Gasteiger partial charge in [-0.25, -0.2) is 0 Å². The van der Waals surface area contributed by atoms with E-state index in [-0.39, 0.29) is 0 Å². The lowest BCUT2D eigenvalue weighted by atomic mass is 10.2. The Balaban J connectivity index is 1.76. The van der Waals surface area contributed by atoms with Crippen LogP contribution < -0.4 is 19.3 Å². The first-order valence-electron chi connectivity index (χ1n) is 10.6. The molecule has 0 atom stereocenters. The molecule has 0 aliphatic heterocycles. The van der Waals surface area contributed by atoms with E-state index in [1.54, 1.807) is 0 Å². The summed E-state index contributed by atoms with van der Waals surface area (Å²) in [6.45, 7) is 1.65. The highest BCUT2D eigenvalue weighted by Crippen LogP contribution is 2.31. The van der Waals surface area contributed by atoms with Crippen molar-refractivity contribution in [3.8, 4) is 72.4 Å². The Hall–Kier alpha value is -4.90. The van der Waals surface area contributed by atoms with Crippen molar-refractivity contribution in [3.05, 3.63) is 72.8 Å². The molecule has 34 heavy (non-hydrogen) atoms. The molecule has 0 N–H and O–H groups in total. The summed E-state index contributed by atoms with van der Waals surface area (Å²) in [4.78, 5) is 3.84. The van der Waals surface area contributed by atoms with Gasteiger partial charge >= 0.3 is 0 Å². The zero-order chi connectivity index (χ0) is 24.2. The van der Waals surface area contributed by atoms with Crippen LogP contribution in [0.5, 0.6) is 23.0 Å². The highest BCUT2D eigenvalue weighted by atomic mass is 16.5. The Labute approximate surface area is 202 Å². The molecule has 0 amide bonds. The van der Waals surface area contributed by atoms with Gasteiger partial charge in [-0.2, -0.15) is 0 Å². The van der Waals surface area contributed by atoms with E-state index in [2.05, 4.69) is 23.7 Å². The molecule has 0 spiro atoms. The summed E-state index contributed by atoms with van der Waals surface area (Å²) < 4.78 is 12.1. The maximum absolute atomic E-state index is 6.07. The van der Waals surface area contributed by atoms with Gasteiger partial charge in [-0.05, 0) is 36.4 Å². The van der Waals surface area contributed by atoms with Gasteiger partial charge in [0, 0.05) is 29.6 Å². The van der Waals surface area contributed by atoms with Crippen molar-refractivity contribution in [2.45, 2.75) is 0 Å². The fourth-order valence-corrected chi connectivity index (χ4v) is 3.28. The van der Waals surface area contributed by atoms with Crippen LogP contribution in [0.25, 0.3) is 0 Å². The lowest BCUT2D eigenvalue weighted by molar-refractivity contribution is 0.460. The third kappa shape index (κ3) is 6.55. The van der Waals surface area contributed by atoms with Crippen LogP contribution in [0, 0.1) is 49.4 Å². The van der Waals surface area contributed by atoms with E-state index >= 15 is 0 Å². The predicted molar refractivity (Wildman–Crippen MR) is 139 cm³/mol. The minimum Gasteiger partial charge on any atom is -0.457 e. The average Bonchev–Trinajstić information content (AvgIpc) is 2.84. The third-order valence-electron chi connectivity index (χ3n) is 4.77. The Bertz CT molecular complexity index is 1160. The lowest BCUT2D eigenvalue weighted by Gasteiger charge is -2.20. The first kappa shape index (κ1) is 23.8. The van der Waals surface area contributed by atoms with Gasteiger partial charge in [0.15, 0.2) is 0 Å². The number of hydrogen-bond acceptors (Lipinski definition) is 4. The summed E-state index contributed by atoms with van der Waals surface area (Å²) >= 11 is 0. The average molecular weight is 445 g/mol. The summed E-state index contributed by atoms with van der Waals surface area (Å²) in [5, 5.41) is 0. The number of ether oxygens (including phenoxy) is 2. The van der Waals surface area contributed by atoms with Crippen LogP contribution in [0.15, 0.2) is 72.8 Å². The van der Waals surface area contributed by atoms with E-state index in [9.17, 15) is 0 Å². The molecule has 0 bridgehead atoms. The Morgan fingerprint density at radius 1 is 0.500 bits per heavy atom. The standard InChI is InChI=1S/C30H24N2O2/c1-5-18-31(19-6-2)25-12-9-14-27(22-25)33-29-16-11-17-30(24-29)34-28-15-10-13-26(23-28)32(20-7-3)21-8-4/h1-4,9-17,22-24H,18-21H2. The highest BCUT2D eigenvalue weighted by molar-refractivity contribution is 5.55. The molecule has 0 aliphatic rings. The second kappa shape index (κ2) is 12.2. The molecule has 3 aromatic carbocycles. The van der Waals surface area contributed by atoms with Gasteiger partial charge in [-0.1, -0.05) is 41.9 Å². The highest BCUT2D eigenvalue weighted by Gasteiger charge is 2.08. The predicted octanol–water partition coefficient (Wildman–Crippen LogP) is 5.42. The third-order valence-corrected chi connectivity index (χ3v) is 4.77. The summed E-state index contributed by atoms with van der Waals surface area (Å²) in [6.07, 6.45) is 21.9. The van der Waals surface area contributed by atoms with Crippen molar-refractivity contribution < 1.29 is 9.47 Å². The molecule has 4 heteroatoms. The first-order chi connectivity index (χ1) is 16.7. The van der Waals surface area contributed by atoms with Crippen LogP contribution in [-0.2, 0) is 0 Å². The van der Waals surface area contributed by atoms with Crippen molar-refractivity contribution in [3.63, 3.8) is 0 Å². The van der Waals surface area contributed by atoms with Crippen molar-refractivity contribution in [1.29, 1.82) is 0 Å². The van der Waals surface area contributed by atoms with Gasteiger partial charge in [0.1, 0.15) is 23.0 Å². The summed E-state index contributed by atoms with van der Waals surface area (Å²) in [6, 6.07) is 22.6. The SMILES string of the molecule is C#CCN(CC#C)c1cccc(Oc2cccc(Oc3cccc(N(CC#C)CC#C)c3)c2)c1. The summed E-state index contributed by atoms with van der Waals surface area (Å²) in [5.41, 5.74) is 1.78. The largest absolute Gasteiger partial charge is 0.457 e. The fourth-order valence-electron chi connectivity index (χ4n) is 3.28. The van der Waals surface area contributed by atoms with Gasteiger partial charge in [0.25, 0.3) is 0 Å². The Morgan fingerprint density at radius 3 is 1.18 bits per heavy atom. The van der Waals surface area contributed by atoms with E-state index in [0.29, 0.717) is 49.2 Å². The monoisotopic (exact) mass is 444 g/mol. The first-order valence-corrected chi connectivity index (χ1v) is 10.6. The molecule has 0 heterocycles. The number of rotatable bonds is 10. The quantitative estimate of drug-likeness (QED) is 0.390. The van der Waals surface area contributed by atoms with E-state index in [1.807, 2.05) is 82.6 Å². The van der Waals surface area contributed by atoms with Crippen LogP contribution in [0.2, 0.25) is 0 Å². The molecule has 166 valence electrons. The van der Waals surface area contributed by atoms with E-state index in [4.69, 9.17) is 35.2 Å². The molecule has 0 radical (unpaired) electrons. The van der Waals surface area contributed by atoms with Crippen LogP contribution in [-0.4, -0.2) is 26.2 Å². The normalized spacial score (nSPS) is 9.53. The van der Waals surface area contributed by atoms with Crippen molar-refractivity contribution in [2.24, 2.45) is 0 Å². The van der Waals surface area contributed by atoms with Crippen molar-refractivity contribution in [1.82, 2.24) is 0 Å². The molecule has 0 aromatic heterocycles. The van der Waals surface area contributed by atoms with Gasteiger partial charge < -0.3 is 19.3 Å². The molecule has 3 aromatic rings. The minimum absolute atomic E-state index is 0.413. The molecule has 0 unspecified atom stereocenters. The maximum atomic E-state index is 6.07. The Morgan fingerprint density at radius 2 is 0.824 bits per heavy atom. The molecular formula is C30H24N2O2. The molecule has 0 saturated heterocycles. The second-order valence-corrected chi connectivity index (χ2v) is 7.20. The number of nitrogens with zero attached hydrogens (tertiary/aromatic N) is 2. The zero-order valence-corrected chi connectivity index (χ0v) is 18.8. The van der Waals surface area contributed by atoms with Crippen LogP contribution in [0.3, 0.4) is 0 Å². The minimum atomic E-state index is 0.413.